The Balaban J connectivity index is 2.08. The topological polar surface area (TPSA) is 47.6 Å². The number of rotatable bonds is 1. The second kappa shape index (κ2) is 4.65. The fraction of sp³-hybridized carbons (Fsp3) is 0.133. The molecule has 3 rings (SSSR count). The summed E-state index contributed by atoms with van der Waals surface area (Å²) in [7, 11) is 1.35. The standard InChI is InChI=1S/C15H13NO3/c1-18-15(17)16-14-10-6-2-4-8-12(10)19-13-9-5-3-7-11(13)14/h2-9,14H,1H3,(H,16,17). The first-order chi connectivity index (χ1) is 9.29. The van der Waals surface area contributed by atoms with Gasteiger partial charge in [0.1, 0.15) is 11.5 Å². The van der Waals surface area contributed by atoms with E-state index in [1.807, 2.05) is 48.5 Å². The first-order valence-corrected chi connectivity index (χ1v) is 6.00. The van der Waals surface area contributed by atoms with Crippen LogP contribution in [0.3, 0.4) is 0 Å². The highest BCUT2D eigenvalue weighted by atomic mass is 16.5. The molecule has 96 valence electrons. The number of carbonyl (C=O) groups excluding carboxylic acids is 1. The maximum atomic E-state index is 11.5. The quantitative estimate of drug-likeness (QED) is 0.851. The predicted octanol–water partition coefficient (Wildman–Crippen LogP) is 3.24. The Morgan fingerprint density at radius 3 is 2.11 bits per heavy atom. The molecule has 0 radical (unpaired) electrons. The number of para-hydroxylation sites is 2. The summed E-state index contributed by atoms with van der Waals surface area (Å²) < 4.78 is 10.5. The molecule has 1 aliphatic heterocycles. The number of nitrogens with one attached hydrogen (secondary N) is 1. The van der Waals surface area contributed by atoms with Gasteiger partial charge in [-0.15, -0.1) is 0 Å². The average molecular weight is 255 g/mol. The van der Waals surface area contributed by atoms with Gasteiger partial charge in [0.25, 0.3) is 0 Å². The van der Waals surface area contributed by atoms with Crippen LogP contribution in [0.2, 0.25) is 0 Å². The molecule has 0 unspecified atom stereocenters. The van der Waals surface area contributed by atoms with Crippen LogP contribution in [0.15, 0.2) is 48.5 Å². The van der Waals surface area contributed by atoms with Crippen molar-refractivity contribution in [2.24, 2.45) is 0 Å². The number of ether oxygens (including phenoxy) is 2. The van der Waals surface area contributed by atoms with Crippen LogP contribution in [0.25, 0.3) is 0 Å². The third-order valence-electron chi connectivity index (χ3n) is 3.13. The number of hydrogen-bond acceptors (Lipinski definition) is 3. The normalized spacial score (nSPS) is 12.9. The number of hydrogen-bond donors (Lipinski definition) is 1. The highest BCUT2D eigenvalue weighted by Crippen LogP contribution is 2.42. The Bertz CT molecular complexity index is 579. The summed E-state index contributed by atoms with van der Waals surface area (Å²) in [6.45, 7) is 0. The fourth-order valence-corrected chi connectivity index (χ4v) is 2.24. The second-order valence-electron chi connectivity index (χ2n) is 4.25. The summed E-state index contributed by atoms with van der Waals surface area (Å²) >= 11 is 0. The molecule has 0 aromatic heterocycles. The minimum Gasteiger partial charge on any atom is -0.457 e. The second-order valence-corrected chi connectivity index (χ2v) is 4.25. The fourth-order valence-electron chi connectivity index (χ4n) is 2.24. The molecule has 0 bridgehead atoms. The molecular formula is C15H13NO3. The molecule has 1 amide bonds. The lowest BCUT2D eigenvalue weighted by molar-refractivity contribution is 0.168. The van der Waals surface area contributed by atoms with Gasteiger partial charge in [-0.2, -0.15) is 0 Å². The smallest absolute Gasteiger partial charge is 0.407 e. The average Bonchev–Trinajstić information content (AvgIpc) is 2.46. The molecule has 1 aliphatic rings. The van der Waals surface area contributed by atoms with Gasteiger partial charge in [0, 0.05) is 11.1 Å². The van der Waals surface area contributed by atoms with Crippen molar-refractivity contribution in [3.63, 3.8) is 0 Å². The predicted molar refractivity (Wildman–Crippen MR) is 70.3 cm³/mol. The summed E-state index contributed by atoms with van der Waals surface area (Å²) in [6.07, 6.45) is -0.462. The summed E-state index contributed by atoms with van der Waals surface area (Å²) in [4.78, 5) is 11.5. The van der Waals surface area contributed by atoms with Crippen molar-refractivity contribution in [2.75, 3.05) is 7.11 Å². The third-order valence-corrected chi connectivity index (χ3v) is 3.13. The Morgan fingerprint density at radius 2 is 1.58 bits per heavy atom. The molecule has 0 fully saturated rings. The summed E-state index contributed by atoms with van der Waals surface area (Å²) in [5.41, 5.74) is 1.85. The van der Waals surface area contributed by atoms with E-state index in [1.165, 1.54) is 7.11 Å². The third kappa shape index (κ3) is 2.01. The van der Waals surface area contributed by atoms with Gasteiger partial charge in [0.15, 0.2) is 0 Å². The van der Waals surface area contributed by atoms with Crippen LogP contribution in [-0.2, 0) is 4.74 Å². The molecule has 2 aromatic carbocycles. The van der Waals surface area contributed by atoms with Gasteiger partial charge in [-0.1, -0.05) is 36.4 Å². The summed E-state index contributed by atoms with van der Waals surface area (Å²) in [6, 6.07) is 15.0. The van der Waals surface area contributed by atoms with Crippen molar-refractivity contribution in [3.8, 4) is 11.5 Å². The van der Waals surface area contributed by atoms with Crippen LogP contribution < -0.4 is 10.1 Å². The molecule has 0 spiro atoms. The SMILES string of the molecule is COC(=O)NC1c2ccccc2Oc2ccccc21. The maximum Gasteiger partial charge on any atom is 0.407 e. The first kappa shape index (κ1) is 11.6. The Labute approximate surface area is 111 Å². The van der Waals surface area contributed by atoms with E-state index in [1.54, 1.807) is 0 Å². The molecule has 19 heavy (non-hydrogen) atoms. The van der Waals surface area contributed by atoms with Crippen molar-refractivity contribution < 1.29 is 14.3 Å². The van der Waals surface area contributed by atoms with Gasteiger partial charge in [0.05, 0.1) is 13.2 Å². The van der Waals surface area contributed by atoms with Crippen LogP contribution in [0.1, 0.15) is 17.2 Å². The van der Waals surface area contributed by atoms with Crippen molar-refractivity contribution >= 4 is 6.09 Å². The molecule has 0 saturated carbocycles. The highest BCUT2D eigenvalue weighted by molar-refractivity contribution is 5.70. The number of fused-ring (bicyclic) bond motifs is 2. The number of benzene rings is 2. The van der Waals surface area contributed by atoms with Crippen LogP contribution >= 0.6 is 0 Å². The number of methoxy groups -OCH3 is 1. The van der Waals surface area contributed by atoms with Gasteiger partial charge in [0.2, 0.25) is 0 Å². The summed E-state index contributed by atoms with van der Waals surface area (Å²) in [5.74, 6) is 1.50. The number of carbonyl (C=O) groups is 1. The van der Waals surface area contributed by atoms with Crippen LogP contribution in [0.5, 0.6) is 11.5 Å². The van der Waals surface area contributed by atoms with E-state index >= 15 is 0 Å². The van der Waals surface area contributed by atoms with E-state index in [0.29, 0.717) is 0 Å². The minimum atomic E-state index is -0.462. The molecule has 4 nitrogen and oxygen atoms in total. The lowest BCUT2D eigenvalue weighted by Gasteiger charge is -2.28. The molecule has 0 atom stereocenters. The maximum absolute atomic E-state index is 11.5. The van der Waals surface area contributed by atoms with Crippen molar-refractivity contribution in [3.05, 3.63) is 59.7 Å². The van der Waals surface area contributed by atoms with Crippen molar-refractivity contribution in [1.29, 1.82) is 0 Å². The minimum absolute atomic E-state index is 0.256. The van der Waals surface area contributed by atoms with E-state index in [2.05, 4.69) is 5.32 Å². The van der Waals surface area contributed by atoms with E-state index in [0.717, 1.165) is 22.6 Å². The van der Waals surface area contributed by atoms with Crippen molar-refractivity contribution in [1.82, 2.24) is 5.32 Å². The zero-order valence-electron chi connectivity index (χ0n) is 10.4. The molecule has 4 heteroatoms. The van der Waals surface area contributed by atoms with Gasteiger partial charge >= 0.3 is 6.09 Å². The van der Waals surface area contributed by atoms with E-state index in [4.69, 9.17) is 9.47 Å². The zero-order valence-corrected chi connectivity index (χ0v) is 10.4. The van der Waals surface area contributed by atoms with Crippen LogP contribution in [0.4, 0.5) is 4.79 Å². The van der Waals surface area contributed by atoms with Gasteiger partial charge < -0.3 is 14.8 Å². The Hall–Kier alpha value is -2.49. The molecule has 0 aliphatic carbocycles. The van der Waals surface area contributed by atoms with Crippen molar-refractivity contribution in [2.45, 2.75) is 6.04 Å². The number of alkyl carbamates (subject to hydrolysis) is 1. The molecule has 2 aromatic rings. The van der Waals surface area contributed by atoms with Crippen LogP contribution in [-0.4, -0.2) is 13.2 Å². The Morgan fingerprint density at radius 1 is 1.05 bits per heavy atom. The largest absolute Gasteiger partial charge is 0.457 e. The van der Waals surface area contributed by atoms with Gasteiger partial charge in [-0.3, -0.25) is 0 Å². The molecule has 1 N–H and O–H groups in total. The molecule has 0 saturated heterocycles. The monoisotopic (exact) mass is 255 g/mol. The zero-order chi connectivity index (χ0) is 13.2. The lowest BCUT2D eigenvalue weighted by atomic mass is 9.95. The first-order valence-electron chi connectivity index (χ1n) is 6.00. The van der Waals surface area contributed by atoms with E-state index in [-0.39, 0.29) is 6.04 Å². The molecule has 1 heterocycles. The van der Waals surface area contributed by atoms with Crippen LogP contribution in [0, 0.1) is 0 Å². The van der Waals surface area contributed by atoms with E-state index in [9.17, 15) is 4.79 Å². The summed E-state index contributed by atoms with van der Waals surface area (Å²) in [5, 5.41) is 2.84. The lowest BCUT2D eigenvalue weighted by Crippen LogP contribution is -2.30. The highest BCUT2D eigenvalue weighted by Gasteiger charge is 2.28. The van der Waals surface area contributed by atoms with Gasteiger partial charge in [-0.05, 0) is 12.1 Å². The molecular weight excluding hydrogens is 242 g/mol. The van der Waals surface area contributed by atoms with E-state index < -0.39 is 6.09 Å². The number of amides is 1. The Kier molecular flexibility index (Phi) is 2.83. The van der Waals surface area contributed by atoms with Gasteiger partial charge in [-0.25, -0.2) is 4.79 Å².